The van der Waals surface area contributed by atoms with Gasteiger partial charge in [0.2, 0.25) is 0 Å². The molecule has 102 valence electrons. The first-order valence-corrected chi connectivity index (χ1v) is 6.18. The molecule has 0 fully saturated rings. The molecule has 0 aliphatic carbocycles. The summed E-state index contributed by atoms with van der Waals surface area (Å²) in [5.41, 5.74) is 0.991. The van der Waals surface area contributed by atoms with Crippen molar-refractivity contribution in [1.82, 2.24) is 5.32 Å². The molecule has 0 aliphatic heterocycles. The van der Waals surface area contributed by atoms with Crippen LogP contribution in [0.3, 0.4) is 0 Å². The minimum absolute atomic E-state index is 0.0375. The zero-order valence-electron chi connectivity index (χ0n) is 11.0. The second kappa shape index (κ2) is 8.32. The fraction of sp³-hybridized carbons (Fsp3) is 0.538. The van der Waals surface area contributed by atoms with Gasteiger partial charge < -0.3 is 19.5 Å². The van der Waals surface area contributed by atoms with E-state index in [0.717, 1.165) is 11.3 Å². The summed E-state index contributed by atoms with van der Waals surface area (Å²) < 4.78 is 15.8. The van der Waals surface area contributed by atoms with Gasteiger partial charge >= 0.3 is 0 Å². The highest BCUT2D eigenvalue weighted by Gasteiger charge is 2.15. The molecule has 1 N–H and O–H groups in total. The second-order valence-corrected chi connectivity index (χ2v) is 4.23. The van der Waals surface area contributed by atoms with Crippen LogP contribution in [-0.2, 0) is 9.47 Å². The van der Waals surface area contributed by atoms with Gasteiger partial charge in [-0.2, -0.15) is 0 Å². The highest BCUT2D eigenvalue weighted by atomic mass is 35.5. The molecule has 4 nitrogen and oxygen atoms in total. The summed E-state index contributed by atoms with van der Waals surface area (Å²) in [7, 11) is 5.18. The van der Waals surface area contributed by atoms with E-state index in [-0.39, 0.29) is 6.04 Å². The monoisotopic (exact) mass is 273 g/mol. The Bertz CT molecular complexity index is 360. The fourth-order valence-corrected chi connectivity index (χ4v) is 1.83. The molecule has 1 unspecified atom stereocenters. The summed E-state index contributed by atoms with van der Waals surface area (Å²) in [6.45, 7) is 1.69. The van der Waals surface area contributed by atoms with Gasteiger partial charge in [0.15, 0.2) is 0 Å². The van der Waals surface area contributed by atoms with Gasteiger partial charge in [-0.1, -0.05) is 11.6 Å². The van der Waals surface area contributed by atoms with Crippen molar-refractivity contribution in [3.8, 4) is 5.75 Å². The second-order valence-electron chi connectivity index (χ2n) is 3.80. The van der Waals surface area contributed by atoms with Gasteiger partial charge in [-0.25, -0.2) is 0 Å². The first kappa shape index (κ1) is 15.2. The first-order valence-electron chi connectivity index (χ1n) is 5.80. The topological polar surface area (TPSA) is 39.7 Å². The Morgan fingerprint density at radius 2 is 2.06 bits per heavy atom. The Morgan fingerprint density at radius 1 is 1.28 bits per heavy atom. The van der Waals surface area contributed by atoms with Gasteiger partial charge in [-0.15, -0.1) is 0 Å². The molecule has 1 aromatic rings. The van der Waals surface area contributed by atoms with Crippen LogP contribution in [0.4, 0.5) is 0 Å². The van der Waals surface area contributed by atoms with Crippen LogP contribution in [0.1, 0.15) is 11.6 Å². The van der Waals surface area contributed by atoms with Crippen LogP contribution >= 0.6 is 11.6 Å². The molecule has 0 aliphatic rings. The average Bonchev–Trinajstić information content (AvgIpc) is 2.39. The molecule has 5 heteroatoms. The number of hydrogen-bond acceptors (Lipinski definition) is 4. The summed E-state index contributed by atoms with van der Waals surface area (Å²) in [5.74, 6) is 0.800. The van der Waals surface area contributed by atoms with Crippen LogP contribution in [0.25, 0.3) is 0 Å². The van der Waals surface area contributed by atoms with Crippen molar-refractivity contribution >= 4 is 11.6 Å². The van der Waals surface area contributed by atoms with Gasteiger partial charge in [-0.05, 0) is 25.2 Å². The maximum absolute atomic E-state index is 6.01. The largest absolute Gasteiger partial charge is 0.496 e. The van der Waals surface area contributed by atoms with Gasteiger partial charge in [0.05, 0.1) is 33.0 Å². The van der Waals surface area contributed by atoms with Crippen molar-refractivity contribution in [3.63, 3.8) is 0 Å². The van der Waals surface area contributed by atoms with E-state index in [4.69, 9.17) is 25.8 Å². The van der Waals surface area contributed by atoms with E-state index in [0.29, 0.717) is 24.8 Å². The normalized spacial score (nSPS) is 12.4. The third-order valence-corrected chi connectivity index (χ3v) is 2.87. The van der Waals surface area contributed by atoms with Gasteiger partial charge in [-0.3, -0.25) is 0 Å². The van der Waals surface area contributed by atoms with Crippen molar-refractivity contribution in [2.75, 3.05) is 41.1 Å². The molecular formula is C13H20ClNO3. The van der Waals surface area contributed by atoms with E-state index in [1.807, 2.05) is 25.2 Å². The number of nitrogens with one attached hydrogen (secondary N) is 1. The standard InChI is InChI=1S/C13H20ClNO3/c1-15-12(9-18-7-6-16-2)11-8-10(14)4-5-13(11)17-3/h4-5,8,12,15H,6-7,9H2,1-3H3. The number of hydrogen-bond donors (Lipinski definition) is 1. The molecule has 0 bridgehead atoms. The van der Waals surface area contributed by atoms with Crippen molar-refractivity contribution in [2.45, 2.75) is 6.04 Å². The summed E-state index contributed by atoms with van der Waals surface area (Å²) >= 11 is 6.01. The minimum atomic E-state index is 0.0375. The number of ether oxygens (including phenoxy) is 3. The van der Waals surface area contributed by atoms with Crippen LogP contribution in [0.15, 0.2) is 18.2 Å². The predicted octanol–water partition coefficient (Wildman–Crippen LogP) is 2.27. The molecule has 0 spiro atoms. The quantitative estimate of drug-likeness (QED) is 0.738. The van der Waals surface area contributed by atoms with Crippen molar-refractivity contribution in [1.29, 1.82) is 0 Å². The van der Waals surface area contributed by atoms with Crippen molar-refractivity contribution in [3.05, 3.63) is 28.8 Å². The van der Waals surface area contributed by atoms with Crippen molar-refractivity contribution in [2.24, 2.45) is 0 Å². The van der Waals surface area contributed by atoms with E-state index in [1.54, 1.807) is 14.2 Å². The van der Waals surface area contributed by atoms with E-state index >= 15 is 0 Å². The third kappa shape index (κ3) is 4.46. The molecule has 0 saturated heterocycles. The smallest absolute Gasteiger partial charge is 0.123 e. The Morgan fingerprint density at radius 3 is 2.67 bits per heavy atom. The summed E-state index contributed by atoms with van der Waals surface area (Å²) in [6.07, 6.45) is 0. The highest BCUT2D eigenvalue weighted by molar-refractivity contribution is 6.30. The zero-order chi connectivity index (χ0) is 13.4. The minimum Gasteiger partial charge on any atom is -0.496 e. The number of likely N-dealkylation sites (N-methyl/N-ethyl adjacent to an activating group) is 1. The fourth-order valence-electron chi connectivity index (χ4n) is 1.65. The average molecular weight is 274 g/mol. The van der Waals surface area contributed by atoms with E-state index in [9.17, 15) is 0 Å². The number of methoxy groups -OCH3 is 2. The molecule has 18 heavy (non-hydrogen) atoms. The zero-order valence-corrected chi connectivity index (χ0v) is 11.8. The summed E-state index contributed by atoms with van der Waals surface area (Å²) in [6, 6.07) is 5.59. The summed E-state index contributed by atoms with van der Waals surface area (Å²) in [4.78, 5) is 0. The van der Waals surface area contributed by atoms with E-state index < -0.39 is 0 Å². The molecule has 1 rings (SSSR count). The molecule has 1 atom stereocenters. The lowest BCUT2D eigenvalue weighted by atomic mass is 10.1. The van der Waals surface area contributed by atoms with Gasteiger partial charge in [0.1, 0.15) is 5.75 Å². The maximum Gasteiger partial charge on any atom is 0.123 e. The first-order chi connectivity index (χ1) is 8.72. The van der Waals surface area contributed by atoms with Gasteiger partial charge in [0.25, 0.3) is 0 Å². The molecule has 1 aromatic carbocycles. The van der Waals surface area contributed by atoms with Crippen LogP contribution < -0.4 is 10.1 Å². The van der Waals surface area contributed by atoms with E-state index in [1.165, 1.54) is 0 Å². The number of halogens is 1. The Balaban J connectivity index is 2.71. The summed E-state index contributed by atoms with van der Waals surface area (Å²) in [5, 5.41) is 3.88. The van der Waals surface area contributed by atoms with Crippen LogP contribution in [0.2, 0.25) is 5.02 Å². The lowest BCUT2D eigenvalue weighted by Gasteiger charge is -2.19. The highest BCUT2D eigenvalue weighted by Crippen LogP contribution is 2.28. The SMILES string of the molecule is CNC(COCCOC)c1cc(Cl)ccc1OC. The lowest BCUT2D eigenvalue weighted by Crippen LogP contribution is -2.23. The van der Waals surface area contributed by atoms with Gasteiger partial charge in [0, 0.05) is 17.7 Å². The number of rotatable bonds is 8. The molecular weight excluding hydrogens is 254 g/mol. The molecule has 0 amide bonds. The van der Waals surface area contributed by atoms with Crippen LogP contribution in [0, 0.1) is 0 Å². The lowest BCUT2D eigenvalue weighted by molar-refractivity contribution is 0.0593. The molecule has 0 saturated carbocycles. The maximum atomic E-state index is 6.01. The van der Waals surface area contributed by atoms with E-state index in [2.05, 4.69) is 5.32 Å². The van der Waals surface area contributed by atoms with Crippen LogP contribution in [0.5, 0.6) is 5.75 Å². The number of benzene rings is 1. The van der Waals surface area contributed by atoms with Crippen molar-refractivity contribution < 1.29 is 14.2 Å². The molecule has 0 heterocycles. The Kier molecular flexibility index (Phi) is 7.05. The third-order valence-electron chi connectivity index (χ3n) is 2.63. The molecule has 0 aromatic heterocycles. The Labute approximate surface area is 113 Å². The molecule has 0 radical (unpaired) electrons. The predicted molar refractivity (Wildman–Crippen MR) is 72.5 cm³/mol. The van der Waals surface area contributed by atoms with Crippen LogP contribution in [-0.4, -0.2) is 41.1 Å². The Hall–Kier alpha value is -0.810.